The number of nitrogen functional groups attached to an aromatic ring is 1. The van der Waals surface area contributed by atoms with Crippen LogP contribution in [0.1, 0.15) is 11.1 Å². The van der Waals surface area contributed by atoms with Crippen LogP contribution in [-0.2, 0) is 12.7 Å². The monoisotopic (exact) mass is 257 g/mol. The quantitative estimate of drug-likeness (QED) is 0.862. The van der Waals surface area contributed by atoms with E-state index in [9.17, 15) is 18.0 Å². The van der Waals surface area contributed by atoms with E-state index >= 15 is 0 Å². The largest absolute Gasteiger partial charge is 0.416 e. The van der Waals surface area contributed by atoms with Gasteiger partial charge in [0.1, 0.15) is 5.82 Å². The van der Waals surface area contributed by atoms with E-state index in [0.29, 0.717) is 0 Å². The van der Waals surface area contributed by atoms with Crippen molar-refractivity contribution in [2.45, 2.75) is 12.7 Å². The maximum Gasteiger partial charge on any atom is 0.416 e. The number of benzene rings is 1. The Morgan fingerprint density at radius 3 is 2.50 bits per heavy atom. The number of rotatable bonds is 2. The molecular formula is C11H10F3N3O. The lowest BCUT2D eigenvalue weighted by Gasteiger charge is -2.12. The summed E-state index contributed by atoms with van der Waals surface area (Å²) in [5, 5.41) is 2.49. The molecule has 0 atom stereocenters. The summed E-state index contributed by atoms with van der Waals surface area (Å²) in [6, 6.07) is 6.22. The van der Waals surface area contributed by atoms with Crippen LogP contribution >= 0.6 is 0 Å². The highest BCUT2D eigenvalue weighted by atomic mass is 19.4. The standard InChI is InChI=1S/C11H10F3N3O/c12-11(13,14)8-4-2-1-3-7(8)6-17-10(18)5-9(15)16-17/h1-5,16H,6,15H2. The highest BCUT2D eigenvalue weighted by molar-refractivity contribution is 5.30. The number of alkyl halides is 3. The van der Waals surface area contributed by atoms with Gasteiger partial charge in [-0.25, -0.2) is 4.68 Å². The van der Waals surface area contributed by atoms with Gasteiger partial charge >= 0.3 is 6.18 Å². The van der Waals surface area contributed by atoms with E-state index in [1.807, 2.05) is 0 Å². The van der Waals surface area contributed by atoms with Crippen molar-refractivity contribution in [2.75, 3.05) is 5.73 Å². The summed E-state index contributed by atoms with van der Waals surface area (Å²) in [7, 11) is 0. The first-order valence-corrected chi connectivity index (χ1v) is 5.08. The van der Waals surface area contributed by atoms with Crippen LogP contribution in [-0.4, -0.2) is 9.78 Å². The van der Waals surface area contributed by atoms with Crippen molar-refractivity contribution < 1.29 is 13.2 Å². The van der Waals surface area contributed by atoms with Crippen molar-refractivity contribution in [3.8, 4) is 0 Å². The third kappa shape index (κ3) is 2.39. The first-order chi connectivity index (χ1) is 8.38. The molecule has 7 heteroatoms. The molecule has 0 aliphatic rings. The summed E-state index contributed by atoms with van der Waals surface area (Å²) < 4.78 is 39.2. The lowest BCUT2D eigenvalue weighted by molar-refractivity contribution is -0.138. The van der Waals surface area contributed by atoms with Crippen molar-refractivity contribution >= 4 is 5.82 Å². The first kappa shape index (κ1) is 12.3. The summed E-state index contributed by atoms with van der Waals surface area (Å²) in [6.45, 7) is -0.203. The highest BCUT2D eigenvalue weighted by Gasteiger charge is 2.32. The highest BCUT2D eigenvalue weighted by Crippen LogP contribution is 2.31. The number of nitrogens with zero attached hydrogens (tertiary/aromatic N) is 1. The Morgan fingerprint density at radius 2 is 1.94 bits per heavy atom. The van der Waals surface area contributed by atoms with E-state index in [2.05, 4.69) is 5.10 Å². The number of hydrogen-bond acceptors (Lipinski definition) is 2. The van der Waals surface area contributed by atoms with Crippen LogP contribution in [0, 0.1) is 0 Å². The van der Waals surface area contributed by atoms with Gasteiger partial charge in [-0.1, -0.05) is 18.2 Å². The molecule has 0 aliphatic carbocycles. The average Bonchev–Trinajstić information content (AvgIpc) is 2.57. The van der Waals surface area contributed by atoms with Crippen LogP contribution in [0.25, 0.3) is 0 Å². The molecule has 4 nitrogen and oxygen atoms in total. The molecule has 0 amide bonds. The van der Waals surface area contributed by atoms with Gasteiger partial charge < -0.3 is 5.73 Å². The van der Waals surface area contributed by atoms with Crippen molar-refractivity contribution in [1.82, 2.24) is 9.78 Å². The number of halogens is 3. The minimum Gasteiger partial charge on any atom is -0.384 e. The van der Waals surface area contributed by atoms with Crippen molar-refractivity contribution in [2.24, 2.45) is 0 Å². The number of nitrogens with two attached hydrogens (primary N) is 1. The average molecular weight is 257 g/mol. The summed E-state index contributed by atoms with van der Waals surface area (Å²) >= 11 is 0. The molecule has 96 valence electrons. The zero-order chi connectivity index (χ0) is 13.3. The van der Waals surface area contributed by atoms with Crippen molar-refractivity contribution in [3.05, 3.63) is 51.8 Å². The van der Waals surface area contributed by atoms with Gasteiger partial charge in [0.2, 0.25) is 0 Å². The Hall–Kier alpha value is -2.18. The maximum atomic E-state index is 12.7. The molecule has 3 N–H and O–H groups in total. The van der Waals surface area contributed by atoms with Gasteiger partial charge in [-0.3, -0.25) is 9.89 Å². The van der Waals surface area contributed by atoms with E-state index in [1.165, 1.54) is 18.2 Å². The van der Waals surface area contributed by atoms with Crippen LogP contribution in [0.2, 0.25) is 0 Å². The molecule has 0 radical (unpaired) electrons. The zero-order valence-corrected chi connectivity index (χ0v) is 9.16. The van der Waals surface area contributed by atoms with Crippen LogP contribution in [0.4, 0.5) is 19.0 Å². The number of aromatic amines is 1. The maximum absolute atomic E-state index is 12.7. The van der Waals surface area contributed by atoms with Gasteiger partial charge in [0.15, 0.2) is 0 Å². The lowest BCUT2D eigenvalue weighted by atomic mass is 10.1. The Balaban J connectivity index is 2.41. The number of hydrogen-bond donors (Lipinski definition) is 2. The predicted octanol–water partition coefficient (Wildman–Crippen LogP) is 1.83. The smallest absolute Gasteiger partial charge is 0.384 e. The molecule has 0 spiro atoms. The van der Waals surface area contributed by atoms with Gasteiger partial charge in [-0.15, -0.1) is 0 Å². The molecule has 2 aromatic rings. The minimum absolute atomic E-state index is 0.00829. The second-order valence-electron chi connectivity index (χ2n) is 3.79. The Bertz CT molecular complexity index is 612. The van der Waals surface area contributed by atoms with E-state index in [4.69, 9.17) is 5.73 Å². The molecule has 0 unspecified atom stereocenters. The molecule has 0 fully saturated rings. The molecule has 1 aromatic heterocycles. The third-order valence-electron chi connectivity index (χ3n) is 2.46. The minimum atomic E-state index is -4.45. The molecule has 0 bridgehead atoms. The SMILES string of the molecule is Nc1cc(=O)n(Cc2ccccc2C(F)(F)F)[nH]1. The van der Waals surface area contributed by atoms with E-state index in [0.717, 1.165) is 16.8 Å². The molecule has 2 rings (SSSR count). The second kappa shape index (κ2) is 4.25. The fourth-order valence-corrected chi connectivity index (χ4v) is 1.68. The van der Waals surface area contributed by atoms with Gasteiger partial charge in [-0.05, 0) is 11.6 Å². The fraction of sp³-hybridized carbons (Fsp3) is 0.182. The van der Waals surface area contributed by atoms with E-state index in [-0.39, 0.29) is 17.9 Å². The molecule has 1 heterocycles. The number of H-pyrrole nitrogens is 1. The first-order valence-electron chi connectivity index (χ1n) is 5.08. The van der Waals surface area contributed by atoms with Crippen molar-refractivity contribution in [3.63, 3.8) is 0 Å². The number of aromatic nitrogens is 2. The molecule has 18 heavy (non-hydrogen) atoms. The summed E-state index contributed by atoms with van der Waals surface area (Å²) in [5.41, 5.74) is 4.14. The Labute approximate surface area is 99.8 Å². The summed E-state index contributed by atoms with van der Waals surface area (Å²) in [5.74, 6) is 0.115. The molecule has 1 aromatic carbocycles. The number of nitrogens with one attached hydrogen (secondary N) is 1. The molecule has 0 aliphatic heterocycles. The molecule has 0 saturated heterocycles. The van der Waals surface area contributed by atoms with Crippen molar-refractivity contribution in [1.29, 1.82) is 0 Å². The normalized spacial score (nSPS) is 11.7. The van der Waals surface area contributed by atoms with E-state index < -0.39 is 17.3 Å². The van der Waals surface area contributed by atoms with Crippen LogP contribution in [0.3, 0.4) is 0 Å². The topological polar surface area (TPSA) is 63.8 Å². The summed E-state index contributed by atoms with van der Waals surface area (Å²) in [4.78, 5) is 11.4. The zero-order valence-electron chi connectivity index (χ0n) is 9.16. The van der Waals surface area contributed by atoms with Gasteiger partial charge in [0, 0.05) is 6.07 Å². The Kier molecular flexibility index (Phi) is 2.90. The Morgan fingerprint density at radius 1 is 1.28 bits per heavy atom. The summed E-state index contributed by atoms with van der Waals surface area (Å²) in [6.07, 6.45) is -4.45. The molecule has 0 saturated carbocycles. The van der Waals surface area contributed by atoms with Gasteiger partial charge in [0.25, 0.3) is 5.56 Å². The van der Waals surface area contributed by atoms with Gasteiger partial charge in [-0.2, -0.15) is 13.2 Å². The second-order valence-corrected chi connectivity index (χ2v) is 3.79. The van der Waals surface area contributed by atoms with Crippen LogP contribution < -0.4 is 11.3 Å². The van der Waals surface area contributed by atoms with E-state index in [1.54, 1.807) is 0 Å². The van der Waals surface area contributed by atoms with Gasteiger partial charge in [0.05, 0.1) is 12.1 Å². The van der Waals surface area contributed by atoms with Crippen LogP contribution in [0.5, 0.6) is 0 Å². The fourth-order valence-electron chi connectivity index (χ4n) is 1.68. The molecular weight excluding hydrogens is 247 g/mol. The van der Waals surface area contributed by atoms with Crippen LogP contribution in [0.15, 0.2) is 35.1 Å². The lowest BCUT2D eigenvalue weighted by Crippen LogP contribution is -2.19. The predicted molar refractivity (Wildman–Crippen MR) is 60.0 cm³/mol. The number of anilines is 1. The third-order valence-corrected chi connectivity index (χ3v) is 2.46.